The monoisotopic (exact) mass is 228 g/mol. The number of carboxylic acid groups (broad SMARTS) is 1. The van der Waals surface area contributed by atoms with Crippen molar-refractivity contribution in [3.05, 3.63) is 37.6 Å². The molecular formula is C11H16O5. The number of rotatable bonds is 6. The first-order valence-corrected chi connectivity index (χ1v) is 4.49. The molecule has 0 spiro atoms. The molecule has 0 saturated heterocycles. The lowest BCUT2D eigenvalue weighted by atomic mass is 10.5. The SMILES string of the molecule is C=CCOC=C.CCOC(=O)/C=C\C(=O)O. The second kappa shape index (κ2) is 13.0. The van der Waals surface area contributed by atoms with E-state index in [1.54, 1.807) is 13.0 Å². The molecule has 0 aliphatic rings. The summed E-state index contributed by atoms with van der Waals surface area (Å²) >= 11 is 0. The van der Waals surface area contributed by atoms with Crippen molar-refractivity contribution in [1.29, 1.82) is 0 Å². The van der Waals surface area contributed by atoms with Gasteiger partial charge in [0.25, 0.3) is 0 Å². The van der Waals surface area contributed by atoms with Gasteiger partial charge in [-0.25, -0.2) is 9.59 Å². The van der Waals surface area contributed by atoms with E-state index in [0.717, 1.165) is 12.2 Å². The zero-order valence-corrected chi connectivity index (χ0v) is 9.22. The van der Waals surface area contributed by atoms with E-state index < -0.39 is 11.9 Å². The fourth-order valence-electron chi connectivity index (χ4n) is 0.466. The lowest BCUT2D eigenvalue weighted by Gasteiger charge is -1.92. The molecule has 90 valence electrons. The number of ether oxygens (including phenoxy) is 2. The van der Waals surface area contributed by atoms with Crippen molar-refractivity contribution in [1.82, 2.24) is 0 Å². The number of hydrogen-bond donors (Lipinski definition) is 1. The van der Waals surface area contributed by atoms with Crippen molar-refractivity contribution < 1.29 is 24.2 Å². The summed E-state index contributed by atoms with van der Waals surface area (Å²) in [5, 5.41) is 8.04. The van der Waals surface area contributed by atoms with Gasteiger partial charge in [-0.1, -0.05) is 19.2 Å². The highest BCUT2D eigenvalue weighted by atomic mass is 16.5. The third-order valence-corrected chi connectivity index (χ3v) is 0.981. The van der Waals surface area contributed by atoms with Crippen LogP contribution in [0.1, 0.15) is 6.92 Å². The predicted molar refractivity (Wildman–Crippen MR) is 59.8 cm³/mol. The van der Waals surface area contributed by atoms with E-state index in [0.29, 0.717) is 6.61 Å². The summed E-state index contributed by atoms with van der Waals surface area (Å²) in [6.07, 6.45) is 4.66. The molecule has 0 aliphatic carbocycles. The van der Waals surface area contributed by atoms with Crippen molar-refractivity contribution >= 4 is 11.9 Å². The zero-order valence-electron chi connectivity index (χ0n) is 9.22. The predicted octanol–water partition coefficient (Wildman–Crippen LogP) is 1.52. The summed E-state index contributed by atoms with van der Waals surface area (Å²) in [6.45, 7) is 9.21. The van der Waals surface area contributed by atoms with E-state index in [4.69, 9.17) is 5.11 Å². The first-order valence-electron chi connectivity index (χ1n) is 4.49. The molecule has 0 aromatic carbocycles. The Morgan fingerprint density at radius 3 is 2.25 bits per heavy atom. The molecule has 0 fully saturated rings. The van der Waals surface area contributed by atoms with Gasteiger partial charge >= 0.3 is 11.9 Å². The fraction of sp³-hybridized carbons (Fsp3) is 0.273. The molecule has 0 aromatic rings. The van der Waals surface area contributed by atoms with Crippen molar-refractivity contribution in [2.24, 2.45) is 0 Å². The van der Waals surface area contributed by atoms with Gasteiger partial charge in [0.15, 0.2) is 0 Å². The second-order valence-corrected chi connectivity index (χ2v) is 2.21. The normalized spacial score (nSPS) is 8.56. The van der Waals surface area contributed by atoms with Crippen LogP contribution in [0.2, 0.25) is 0 Å². The van der Waals surface area contributed by atoms with Crippen LogP contribution in [0.25, 0.3) is 0 Å². The van der Waals surface area contributed by atoms with Crippen LogP contribution < -0.4 is 0 Å². The fourth-order valence-corrected chi connectivity index (χ4v) is 0.466. The maximum absolute atomic E-state index is 10.4. The second-order valence-electron chi connectivity index (χ2n) is 2.21. The minimum Gasteiger partial charge on any atom is -0.498 e. The van der Waals surface area contributed by atoms with Gasteiger partial charge in [0, 0.05) is 12.2 Å². The first-order chi connectivity index (χ1) is 7.58. The van der Waals surface area contributed by atoms with E-state index in [9.17, 15) is 9.59 Å². The summed E-state index contributed by atoms with van der Waals surface area (Å²) in [5.74, 6) is -1.79. The quantitative estimate of drug-likeness (QED) is 0.245. The molecule has 0 bridgehead atoms. The molecule has 0 saturated carbocycles. The van der Waals surface area contributed by atoms with Crippen LogP contribution in [-0.2, 0) is 19.1 Å². The van der Waals surface area contributed by atoms with Crippen LogP contribution in [-0.4, -0.2) is 30.3 Å². The van der Waals surface area contributed by atoms with E-state index >= 15 is 0 Å². The lowest BCUT2D eigenvalue weighted by molar-refractivity contribution is -0.138. The summed E-state index contributed by atoms with van der Waals surface area (Å²) in [6, 6.07) is 0. The molecule has 0 heterocycles. The minimum absolute atomic E-state index is 0.253. The Hall–Kier alpha value is -2.04. The number of hydrogen-bond acceptors (Lipinski definition) is 4. The van der Waals surface area contributed by atoms with E-state index in [1.165, 1.54) is 6.26 Å². The van der Waals surface area contributed by atoms with Gasteiger partial charge in [0.2, 0.25) is 0 Å². The van der Waals surface area contributed by atoms with Crippen LogP contribution in [0, 0.1) is 0 Å². The zero-order chi connectivity index (χ0) is 12.8. The van der Waals surface area contributed by atoms with Crippen LogP contribution in [0.4, 0.5) is 0 Å². The van der Waals surface area contributed by atoms with Gasteiger partial charge in [0.1, 0.15) is 6.61 Å². The standard InChI is InChI=1S/C6H8O4.C5H8O/c1-2-10-6(9)4-3-5(7)8;1-3-5-6-4-2/h3-4H,2H2,1H3,(H,7,8);3-4H,1-2,5H2/b4-3-;. The smallest absolute Gasteiger partial charge is 0.330 e. The van der Waals surface area contributed by atoms with Gasteiger partial charge in [0.05, 0.1) is 12.9 Å². The molecule has 16 heavy (non-hydrogen) atoms. The average Bonchev–Trinajstić information content (AvgIpc) is 2.25. The molecule has 0 atom stereocenters. The Labute approximate surface area is 94.7 Å². The Kier molecular flexibility index (Phi) is 13.3. The third-order valence-electron chi connectivity index (χ3n) is 0.981. The van der Waals surface area contributed by atoms with Crippen molar-refractivity contribution in [2.45, 2.75) is 6.92 Å². The summed E-state index contributed by atoms with van der Waals surface area (Å²) in [7, 11) is 0. The highest BCUT2D eigenvalue weighted by Gasteiger charge is 1.94. The van der Waals surface area contributed by atoms with Crippen LogP contribution in [0.15, 0.2) is 37.6 Å². The molecule has 5 nitrogen and oxygen atoms in total. The van der Waals surface area contributed by atoms with Gasteiger partial charge in [-0.15, -0.1) is 0 Å². The number of carboxylic acids is 1. The lowest BCUT2D eigenvalue weighted by Crippen LogP contribution is -2.00. The van der Waals surface area contributed by atoms with Crippen LogP contribution >= 0.6 is 0 Å². The van der Waals surface area contributed by atoms with Gasteiger partial charge in [-0.2, -0.15) is 0 Å². The average molecular weight is 228 g/mol. The number of aliphatic carboxylic acids is 1. The molecule has 0 radical (unpaired) electrons. The molecule has 0 aromatic heterocycles. The summed E-state index contributed by atoms with van der Waals surface area (Å²) in [5.41, 5.74) is 0. The molecule has 0 unspecified atom stereocenters. The highest BCUT2D eigenvalue weighted by molar-refractivity contribution is 5.90. The molecular weight excluding hydrogens is 212 g/mol. The molecule has 5 heteroatoms. The maximum atomic E-state index is 10.4. The first kappa shape index (κ1) is 16.4. The number of esters is 1. The Bertz CT molecular complexity index is 247. The molecule has 1 N–H and O–H groups in total. The largest absolute Gasteiger partial charge is 0.498 e. The third kappa shape index (κ3) is 17.9. The van der Waals surface area contributed by atoms with Crippen LogP contribution in [0.5, 0.6) is 0 Å². The van der Waals surface area contributed by atoms with E-state index in [-0.39, 0.29) is 6.61 Å². The van der Waals surface area contributed by atoms with Crippen LogP contribution in [0.3, 0.4) is 0 Å². The van der Waals surface area contributed by atoms with Crippen molar-refractivity contribution in [3.63, 3.8) is 0 Å². The molecule has 0 rings (SSSR count). The Morgan fingerprint density at radius 1 is 1.31 bits per heavy atom. The topological polar surface area (TPSA) is 72.8 Å². The van der Waals surface area contributed by atoms with Crippen molar-refractivity contribution in [2.75, 3.05) is 13.2 Å². The van der Waals surface area contributed by atoms with Gasteiger partial charge in [-0.3, -0.25) is 0 Å². The maximum Gasteiger partial charge on any atom is 0.330 e. The molecule has 0 amide bonds. The number of carbonyl (C=O) groups is 2. The minimum atomic E-state index is -1.16. The van der Waals surface area contributed by atoms with E-state index in [2.05, 4.69) is 22.6 Å². The van der Waals surface area contributed by atoms with Crippen molar-refractivity contribution in [3.8, 4) is 0 Å². The summed E-state index contributed by atoms with van der Waals surface area (Å²) in [4.78, 5) is 20.2. The van der Waals surface area contributed by atoms with Gasteiger partial charge < -0.3 is 14.6 Å². The Balaban J connectivity index is 0. The summed E-state index contributed by atoms with van der Waals surface area (Å²) < 4.78 is 9.03. The number of carbonyl (C=O) groups excluding carboxylic acids is 1. The Morgan fingerprint density at radius 2 is 1.94 bits per heavy atom. The van der Waals surface area contributed by atoms with Gasteiger partial charge in [-0.05, 0) is 6.92 Å². The van der Waals surface area contributed by atoms with E-state index in [1.807, 2.05) is 0 Å². The molecule has 0 aliphatic heterocycles. The highest BCUT2D eigenvalue weighted by Crippen LogP contribution is 1.80.